The van der Waals surface area contributed by atoms with Gasteiger partial charge in [-0.25, -0.2) is 0 Å². The number of likely N-dealkylation sites (N-methyl/N-ethyl adjacent to an activating group) is 1. The minimum atomic E-state index is 0.232. The maximum atomic E-state index is 12.1. The Morgan fingerprint density at radius 3 is 2.44 bits per heavy atom. The minimum Gasteiger partial charge on any atom is -0.312 e. The molecular formula is C15H22N2O. The Bertz CT molecular complexity index is 445. The molecule has 1 aromatic carbocycles. The average molecular weight is 246 g/mol. The van der Waals surface area contributed by atoms with E-state index >= 15 is 0 Å². The molecule has 3 heteroatoms. The summed E-state index contributed by atoms with van der Waals surface area (Å²) in [5, 5.41) is 3.36. The molecule has 0 bridgehead atoms. The van der Waals surface area contributed by atoms with Crippen LogP contribution >= 0.6 is 0 Å². The fourth-order valence-electron chi connectivity index (χ4n) is 2.95. The number of nitrogens with zero attached hydrogens (tertiary/aromatic N) is 1. The third-order valence-electron chi connectivity index (χ3n) is 3.52. The molecule has 0 aliphatic carbocycles. The molecule has 1 fully saturated rings. The molecule has 98 valence electrons. The van der Waals surface area contributed by atoms with Gasteiger partial charge in [0.15, 0.2) is 0 Å². The highest BCUT2D eigenvalue weighted by Gasteiger charge is 2.31. The van der Waals surface area contributed by atoms with Gasteiger partial charge in [-0.05, 0) is 38.4 Å². The highest BCUT2D eigenvalue weighted by Crippen LogP contribution is 2.29. The molecule has 1 aliphatic rings. The van der Waals surface area contributed by atoms with Gasteiger partial charge in [-0.15, -0.1) is 0 Å². The summed E-state index contributed by atoms with van der Waals surface area (Å²) < 4.78 is 0. The lowest BCUT2D eigenvalue weighted by Crippen LogP contribution is -2.33. The van der Waals surface area contributed by atoms with Crippen LogP contribution in [0.25, 0.3) is 0 Å². The van der Waals surface area contributed by atoms with Gasteiger partial charge < -0.3 is 10.2 Å². The SMILES string of the molecule is CCNC1CC(=O)N(c2c(C)cc(C)cc2C)C1. The summed E-state index contributed by atoms with van der Waals surface area (Å²) in [7, 11) is 0. The maximum absolute atomic E-state index is 12.1. The van der Waals surface area contributed by atoms with Crippen LogP contribution in [-0.2, 0) is 4.79 Å². The lowest BCUT2D eigenvalue weighted by molar-refractivity contribution is -0.117. The zero-order chi connectivity index (χ0) is 13.3. The molecular weight excluding hydrogens is 224 g/mol. The summed E-state index contributed by atoms with van der Waals surface area (Å²) in [5.74, 6) is 0.232. The van der Waals surface area contributed by atoms with E-state index in [2.05, 4.69) is 45.1 Å². The quantitative estimate of drug-likeness (QED) is 0.887. The predicted octanol–water partition coefficient (Wildman–Crippen LogP) is 2.33. The zero-order valence-corrected chi connectivity index (χ0v) is 11.7. The van der Waals surface area contributed by atoms with Crippen molar-refractivity contribution in [1.29, 1.82) is 0 Å². The lowest BCUT2D eigenvalue weighted by atomic mass is 10.0. The summed E-state index contributed by atoms with van der Waals surface area (Å²) >= 11 is 0. The summed E-state index contributed by atoms with van der Waals surface area (Å²) in [6.45, 7) is 10.0. The molecule has 1 atom stereocenters. The van der Waals surface area contributed by atoms with Crippen LogP contribution in [0.15, 0.2) is 12.1 Å². The van der Waals surface area contributed by atoms with Crippen molar-refractivity contribution in [2.45, 2.75) is 40.2 Å². The van der Waals surface area contributed by atoms with E-state index in [0.717, 1.165) is 18.8 Å². The first-order chi connectivity index (χ1) is 8.52. The number of rotatable bonds is 3. The van der Waals surface area contributed by atoms with E-state index in [0.29, 0.717) is 12.5 Å². The van der Waals surface area contributed by atoms with Crippen LogP contribution in [-0.4, -0.2) is 25.0 Å². The van der Waals surface area contributed by atoms with Gasteiger partial charge >= 0.3 is 0 Å². The Morgan fingerprint density at radius 2 is 1.89 bits per heavy atom. The van der Waals surface area contributed by atoms with Crippen LogP contribution in [0.1, 0.15) is 30.0 Å². The molecule has 18 heavy (non-hydrogen) atoms. The minimum absolute atomic E-state index is 0.232. The molecule has 1 aromatic rings. The van der Waals surface area contributed by atoms with Crippen molar-refractivity contribution < 1.29 is 4.79 Å². The van der Waals surface area contributed by atoms with Crippen LogP contribution in [0.2, 0.25) is 0 Å². The maximum Gasteiger partial charge on any atom is 0.228 e. The van der Waals surface area contributed by atoms with Gasteiger partial charge in [0, 0.05) is 24.7 Å². The molecule has 1 saturated heterocycles. The van der Waals surface area contributed by atoms with Gasteiger partial charge in [-0.1, -0.05) is 24.6 Å². The van der Waals surface area contributed by atoms with Crippen LogP contribution in [0, 0.1) is 20.8 Å². The normalized spacial score (nSPS) is 19.7. The summed E-state index contributed by atoms with van der Waals surface area (Å²) in [6, 6.07) is 4.59. The lowest BCUT2D eigenvalue weighted by Gasteiger charge is -2.22. The Kier molecular flexibility index (Phi) is 3.71. The molecule has 1 heterocycles. The van der Waals surface area contributed by atoms with Crippen molar-refractivity contribution in [2.24, 2.45) is 0 Å². The highest BCUT2D eigenvalue weighted by atomic mass is 16.2. The highest BCUT2D eigenvalue weighted by molar-refractivity contribution is 5.97. The Labute approximate surface area is 109 Å². The molecule has 0 saturated carbocycles. The molecule has 0 aromatic heterocycles. The first kappa shape index (κ1) is 13.1. The summed E-state index contributed by atoms with van der Waals surface area (Å²) in [5.41, 5.74) is 4.74. The number of hydrogen-bond donors (Lipinski definition) is 1. The number of anilines is 1. The van der Waals surface area contributed by atoms with Gasteiger partial charge in [-0.3, -0.25) is 4.79 Å². The molecule has 2 rings (SSSR count). The topological polar surface area (TPSA) is 32.3 Å². The molecule has 1 unspecified atom stereocenters. The monoisotopic (exact) mass is 246 g/mol. The predicted molar refractivity (Wildman–Crippen MR) is 75.1 cm³/mol. The Balaban J connectivity index is 2.30. The van der Waals surface area contributed by atoms with Gasteiger partial charge in [0.25, 0.3) is 0 Å². The molecule has 0 radical (unpaired) electrons. The fraction of sp³-hybridized carbons (Fsp3) is 0.533. The average Bonchev–Trinajstić information content (AvgIpc) is 2.59. The standard InChI is InChI=1S/C15H22N2O/c1-5-16-13-8-14(18)17(9-13)15-11(3)6-10(2)7-12(15)4/h6-7,13,16H,5,8-9H2,1-4H3. The van der Waals surface area contributed by atoms with Gasteiger partial charge in [0.05, 0.1) is 0 Å². The number of benzene rings is 1. The number of carbonyl (C=O) groups excluding carboxylic acids is 1. The second-order valence-electron chi connectivity index (χ2n) is 5.21. The van der Waals surface area contributed by atoms with Crippen molar-refractivity contribution in [3.8, 4) is 0 Å². The largest absolute Gasteiger partial charge is 0.312 e. The van der Waals surface area contributed by atoms with E-state index in [-0.39, 0.29) is 5.91 Å². The zero-order valence-electron chi connectivity index (χ0n) is 11.7. The van der Waals surface area contributed by atoms with Gasteiger partial charge in [-0.2, -0.15) is 0 Å². The van der Waals surface area contributed by atoms with Crippen molar-refractivity contribution >= 4 is 11.6 Å². The molecule has 1 aliphatic heterocycles. The van der Waals surface area contributed by atoms with Gasteiger partial charge in [0.1, 0.15) is 0 Å². The summed E-state index contributed by atoms with van der Waals surface area (Å²) in [6.07, 6.45) is 0.612. The van der Waals surface area contributed by atoms with E-state index < -0.39 is 0 Å². The van der Waals surface area contributed by atoms with E-state index in [1.165, 1.54) is 16.7 Å². The van der Waals surface area contributed by atoms with Crippen LogP contribution in [0.4, 0.5) is 5.69 Å². The third kappa shape index (κ3) is 2.41. The molecule has 1 N–H and O–H groups in total. The van der Waals surface area contributed by atoms with Crippen LogP contribution in [0.3, 0.4) is 0 Å². The second kappa shape index (κ2) is 5.11. The molecule has 0 spiro atoms. The van der Waals surface area contributed by atoms with E-state index in [9.17, 15) is 4.79 Å². The second-order valence-corrected chi connectivity index (χ2v) is 5.21. The third-order valence-corrected chi connectivity index (χ3v) is 3.52. The molecule has 1 amide bonds. The number of carbonyl (C=O) groups is 1. The number of amides is 1. The van der Waals surface area contributed by atoms with Crippen molar-refractivity contribution in [3.63, 3.8) is 0 Å². The number of nitrogens with one attached hydrogen (secondary N) is 1. The summed E-state index contributed by atoms with van der Waals surface area (Å²) in [4.78, 5) is 14.1. The Morgan fingerprint density at radius 1 is 1.28 bits per heavy atom. The van der Waals surface area contributed by atoms with Crippen molar-refractivity contribution in [2.75, 3.05) is 18.0 Å². The first-order valence-electron chi connectivity index (χ1n) is 6.64. The van der Waals surface area contributed by atoms with Gasteiger partial charge in [0.2, 0.25) is 5.91 Å². The van der Waals surface area contributed by atoms with Crippen LogP contribution < -0.4 is 10.2 Å². The molecule has 3 nitrogen and oxygen atoms in total. The van der Waals surface area contributed by atoms with Crippen LogP contribution in [0.5, 0.6) is 0 Å². The van der Waals surface area contributed by atoms with E-state index in [1.54, 1.807) is 0 Å². The smallest absolute Gasteiger partial charge is 0.228 e. The van der Waals surface area contributed by atoms with E-state index in [1.807, 2.05) is 4.90 Å². The first-order valence-corrected chi connectivity index (χ1v) is 6.64. The van der Waals surface area contributed by atoms with E-state index in [4.69, 9.17) is 0 Å². The van der Waals surface area contributed by atoms with Crippen molar-refractivity contribution in [1.82, 2.24) is 5.32 Å². The van der Waals surface area contributed by atoms with Crippen molar-refractivity contribution in [3.05, 3.63) is 28.8 Å². The fourth-order valence-corrected chi connectivity index (χ4v) is 2.95. The Hall–Kier alpha value is -1.35. The number of aryl methyl sites for hydroxylation is 3. The number of hydrogen-bond acceptors (Lipinski definition) is 2.